The zero-order chi connectivity index (χ0) is 17.4. The number of rotatable bonds is 4. The molecule has 2 atom stereocenters. The van der Waals surface area contributed by atoms with Crippen molar-refractivity contribution in [3.63, 3.8) is 0 Å². The third-order valence-corrected chi connectivity index (χ3v) is 6.09. The van der Waals surface area contributed by atoms with Crippen LogP contribution in [0.3, 0.4) is 0 Å². The van der Waals surface area contributed by atoms with E-state index in [9.17, 15) is 8.60 Å². The number of fused-ring (bicyclic) bond motifs is 1. The fourth-order valence-electron chi connectivity index (χ4n) is 3.47. The number of hydrogen-bond donors (Lipinski definition) is 1. The van der Waals surface area contributed by atoms with Crippen molar-refractivity contribution in [1.29, 1.82) is 0 Å². The lowest BCUT2D eigenvalue weighted by Gasteiger charge is -2.21. The zero-order valence-corrected chi connectivity index (χ0v) is 15.0. The van der Waals surface area contributed by atoms with Crippen molar-refractivity contribution in [2.24, 2.45) is 0 Å². The molecule has 1 fully saturated rings. The molecule has 2 heterocycles. The van der Waals surface area contributed by atoms with E-state index < -0.39 is 17.0 Å². The minimum absolute atomic E-state index is 0.420. The van der Waals surface area contributed by atoms with E-state index in [4.69, 9.17) is 0 Å². The molecule has 5 heteroatoms. The van der Waals surface area contributed by atoms with E-state index in [1.54, 1.807) is 0 Å². The summed E-state index contributed by atoms with van der Waals surface area (Å²) < 4.78 is 26.0. The first-order valence-corrected chi connectivity index (χ1v) is 9.97. The molecule has 0 spiro atoms. The van der Waals surface area contributed by atoms with Crippen LogP contribution in [0.25, 0.3) is 22.2 Å². The molecule has 2 unspecified atom stereocenters. The van der Waals surface area contributed by atoms with Gasteiger partial charge in [-0.3, -0.25) is 4.21 Å². The maximum atomic E-state index is 13.7. The first-order valence-electron chi connectivity index (χ1n) is 8.65. The van der Waals surface area contributed by atoms with Crippen molar-refractivity contribution < 1.29 is 8.60 Å². The summed E-state index contributed by atoms with van der Waals surface area (Å²) in [5.74, 6) is 0.585. The van der Waals surface area contributed by atoms with Gasteiger partial charge in [0.1, 0.15) is 6.17 Å². The van der Waals surface area contributed by atoms with Gasteiger partial charge in [-0.1, -0.05) is 25.1 Å². The molecule has 4 rings (SSSR count). The Bertz CT molecular complexity index is 903. The standard InChI is InChI=1S/C20H21FN2OS/c1-2-25(24)16-7-8-20(23-10-9-15(21)13-23)17(12-16)19-11-14-5-3-4-6-18(14)22-19/h3-8,11-12,15,22H,2,9-10,13H2,1H3. The van der Waals surface area contributed by atoms with Crippen LogP contribution in [0.4, 0.5) is 10.1 Å². The number of H-pyrrole nitrogens is 1. The zero-order valence-electron chi connectivity index (χ0n) is 14.2. The van der Waals surface area contributed by atoms with Crippen LogP contribution in [0.1, 0.15) is 13.3 Å². The predicted octanol–water partition coefficient (Wildman–Crippen LogP) is 4.51. The number of nitrogens with zero attached hydrogens (tertiary/aromatic N) is 1. The second-order valence-electron chi connectivity index (χ2n) is 6.42. The molecule has 130 valence electrons. The van der Waals surface area contributed by atoms with Gasteiger partial charge in [0, 0.05) is 51.6 Å². The van der Waals surface area contributed by atoms with Crippen molar-refractivity contribution in [2.45, 2.75) is 24.4 Å². The number of para-hydroxylation sites is 1. The molecule has 1 N–H and O–H groups in total. The van der Waals surface area contributed by atoms with E-state index in [-0.39, 0.29) is 0 Å². The summed E-state index contributed by atoms with van der Waals surface area (Å²) in [7, 11) is -1.02. The van der Waals surface area contributed by atoms with E-state index >= 15 is 0 Å². The van der Waals surface area contributed by atoms with E-state index in [1.165, 1.54) is 0 Å². The van der Waals surface area contributed by atoms with Crippen LogP contribution in [0.15, 0.2) is 53.4 Å². The molecule has 25 heavy (non-hydrogen) atoms. The fraction of sp³-hybridized carbons (Fsp3) is 0.300. The Morgan fingerprint density at radius 1 is 1.24 bits per heavy atom. The van der Waals surface area contributed by atoms with Crippen LogP contribution >= 0.6 is 0 Å². The van der Waals surface area contributed by atoms with Crippen LogP contribution in [0.2, 0.25) is 0 Å². The van der Waals surface area contributed by atoms with Crippen LogP contribution in [-0.2, 0) is 10.8 Å². The number of alkyl halides is 1. The predicted molar refractivity (Wildman–Crippen MR) is 102 cm³/mol. The number of anilines is 1. The Balaban J connectivity index is 1.85. The summed E-state index contributed by atoms with van der Waals surface area (Å²) in [6, 6.07) is 16.1. The molecule has 0 saturated carbocycles. The van der Waals surface area contributed by atoms with Crippen molar-refractivity contribution in [3.05, 3.63) is 48.5 Å². The highest BCUT2D eigenvalue weighted by atomic mass is 32.2. The fourth-order valence-corrected chi connectivity index (χ4v) is 4.27. The Hall–Kier alpha value is -2.14. The molecule has 1 aromatic heterocycles. The van der Waals surface area contributed by atoms with Crippen LogP contribution < -0.4 is 4.90 Å². The van der Waals surface area contributed by atoms with E-state index in [0.717, 1.165) is 32.7 Å². The second-order valence-corrected chi connectivity index (χ2v) is 8.16. The summed E-state index contributed by atoms with van der Waals surface area (Å²) >= 11 is 0. The topological polar surface area (TPSA) is 36.1 Å². The maximum absolute atomic E-state index is 13.7. The summed E-state index contributed by atoms with van der Waals surface area (Å²) in [6.07, 6.45) is -0.213. The van der Waals surface area contributed by atoms with E-state index in [2.05, 4.69) is 22.0 Å². The smallest absolute Gasteiger partial charge is 0.119 e. The minimum Gasteiger partial charge on any atom is -0.368 e. The van der Waals surface area contributed by atoms with Crippen LogP contribution in [0, 0.1) is 0 Å². The molecule has 2 aromatic carbocycles. The molecular weight excluding hydrogens is 335 g/mol. The third kappa shape index (κ3) is 3.09. The van der Waals surface area contributed by atoms with Crippen LogP contribution in [-0.4, -0.2) is 34.2 Å². The van der Waals surface area contributed by atoms with E-state index in [1.807, 2.05) is 43.3 Å². The van der Waals surface area contributed by atoms with Gasteiger partial charge in [-0.25, -0.2) is 4.39 Å². The van der Waals surface area contributed by atoms with Gasteiger partial charge in [-0.2, -0.15) is 0 Å². The first-order chi connectivity index (χ1) is 12.2. The molecule has 0 radical (unpaired) electrons. The Morgan fingerprint density at radius 2 is 2.08 bits per heavy atom. The van der Waals surface area contributed by atoms with Gasteiger partial charge in [0.25, 0.3) is 0 Å². The summed E-state index contributed by atoms with van der Waals surface area (Å²) in [5, 5.41) is 1.13. The monoisotopic (exact) mass is 356 g/mol. The summed E-state index contributed by atoms with van der Waals surface area (Å²) in [4.78, 5) is 6.35. The van der Waals surface area contributed by atoms with Crippen molar-refractivity contribution in [1.82, 2.24) is 4.98 Å². The minimum atomic E-state index is -1.02. The van der Waals surface area contributed by atoms with Crippen molar-refractivity contribution >= 4 is 27.4 Å². The summed E-state index contributed by atoms with van der Waals surface area (Å²) in [5.41, 5.74) is 4.04. The third-order valence-electron chi connectivity index (χ3n) is 4.78. The lowest BCUT2D eigenvalue weighted by atomic mass is 10.1. The second kappa shape index (κ2) is 6.64. The van der Waals surface area contributed by atoms with Crippen molar-refractivity contribution in [3.8, 4) is 11.3 Å². The number of nitrogens with one attached hydrogen (secondary N) is 1. The molecular formula is C20H21FN2OS. The molecule has 1 saturated heterocycles. The van der Waals surface area contributed by atoms with Gasteiger partial charge in [-0.05, 0) is 36.8 Å². The molecule has 0 amide bonds. The Kier molecular flexibility index (Phi) is 4.34. The van der Waals surface area contributed by atoms with Gasteiger partial charge in [-0.15, -0.1) is 0 Å². The number of benzene rings is 2. The molecule has 1 aliphatic heterocycles. The first kappa shape index (κ1) is 16.3. The normalized spacial score (nSPS) is 18.8. The number of aromatic nitrogens is 1. The van der Waals surface area contributed by atoms with Crippen molar-refractivity contribution in [2.75, 3.05) is 23.7 Å². The highest BCUT2D eigenvalue weighted by molar-refractivity contribution is 7.85. The highest BCUT2D eigenvalue weighted by Crippen LogP contribution is 2.36. The molecule has 0 bridgehead atoms. The average Bonchev–Trinajstić information content (AvgIpc) is 3.26. The summed E-state index contributed by atoms with van der Waals surface area (Å²) in [6.45, 7) is 3.05. The molecule has 1 aliphatic rings. The lowest BCUT2D eigenvalue weighted by molar-refractivity contribution is 0.364. The van der Waals surface area contributed by atoms with Gasteiger partial charge in [0.2, 0.25) is 0 Å². The maximum Gasteiger partial charge on any atom is 0.119 e. The Morgan fingerprint density at radius 3 is 2.80 bits per heavy atom. The number of halogens is 1. The quantitative estimate of drug-likeness (QED) is 0.747. The van der Waals surface area contributed by atoms with Gasteiger partial charge >= 0.3 is 0 Å². The molecule has 3 aromatic rings. The van der Waals surface area contributed by atoms with Gasteiger partial charge < -0.3 is 9.88 Å². The average molecular weight is 356 g/mol. The van der Waals surface area contributed by atoms with Gasteiger partial charge in [0.05, 0.1) is 10.8 Å². The Labute approximate surface area is 149 Å². The molecule has 3 nitrogen and oxygen atoms in total. The highest BCUT2D eigenvalue weighted by Gasteiger charge is 2.25. The van der Waals surface area contributed by atoms with Crippen LogP contribution in [0.5, 0.6) is 0 Å². The lowest BCUT2D eigenvalue weighted by Crippen LogP contribution is -2.20. The number of hydrogen-bond acceptors (Lipinski definition) is 2. The largest absolute Gasteiger partial charge is 0.368 e. The van der Waals surface area contributed by atoms with Gasteiger partial charge in [0.15, 0.2) is 0 Å². The van der Waals surface area contributed by atoms with E-state index in [0.29, 0.717) is 25.3 Å². The number of aromatic amines is 1. The SMILES string of the molecule is CCS(=O)c1ccc(N2CCC(F)C2)c(-c2cc3ccccc3[nH]2)c1. The molecule has 0 aliphatic carbocycles.